The molecule has 0 radical (unpaired) electrons. The maximum atomic E-state index is 13.8. The van der Waals surface area contributed by atoms with E-state index in [1.54, 1.807) is 7.05 Å². The molecule has 0 N–H and O–H groups in total. The summed E-state index contributed by atoms with van der Waals surface area (Å²) in [6.07, 6.45) is 0. The van der Waals surface area contributed by atoms with Crippen molar-refractivity contribution in [3.63, 3.8) is 0 Å². The maximum absolute atomic E-state index is 13.8. The molecule has 2 nitrogen and oxygen atoms in total. The van der Waals surface area contributed by atoms with Gasteiger partial charge in [-0.3, -0.25) is 0 Å². The molecule has 0 bridgehead atoms. The summed E-state index contributed by atoms with van der Waals surface area (Å²) in [4.78, 5) is 0. The lowest BCUT2D eigenvalue weighted by atomic mass is 9.84. The van der Waals surface area contributed by atoms with Gasteiger partial charge in [-0.2, -0.15) is 9.49 Å². The van der Waals surface area contributed by atoms with Gasteiger partial charge in [0.15, 0.2) is 0 Å². The Balaban J connectivity index is 3.38. The summed E-state index contributed by atoms with van der Waals surface area (Å²) in [6, 6.07) is 0. The van der Waals surface area contributed by atoms with Gasteiger partial charge in [-0.15, -0.1) is 0 Å². The number of halogens is 1. The zero-order valence-electron chi connectivity index (χ0n) is 9.85. The Hall–Kier alpha value is -0.860. The summed E-state index contributed by atoms with van der Waals surface area (Å²) in [5, 5.41) is 4.22. The topological polar surface area (TPSA) is 17.8 Å². The van der Waals surface area contributed by atoms with Gasteiger partial charge in [-0.25, -0.2) is 4.68 Å². The first-order chi connectivity index (χ1) is 6.25. The Morgan fingerprint density at radius 2 is 1.79 bits per heavy atom. The van der Waals surface area contributed by atoms with Gasteiger partial charge < -0.3 is 0 Å². The molecule has 3 heteroatoms. The van der Waals surface area contributed by atoms with Crippen molar-refractivity contribution >= 4 is 0 Å². The van der Waals surface area contributed by atoms with Gasteiger partial charge in [0.2, 0.25) is 5.95 Å². The number of nitrogens with zero attached hydrogens (tertiary/aromatic N) is 2. The molecule has 80 valence electrons. The van der Waals surface area contributed by atoms with Crippen LogP contribution in [0.5, 0.6) is 0 Å². The van der Waals surface area contributed by atoms with Crippen LogP contribution < -0.4 is 0 Å². The van der Waals surface area contributed by atoms with Crippen LogP contribution in [-0.4, -0.2) is 9.78 Å². The molecular formula is C11H19FN2. The van der Waals surface area contributed by atoms with Crippen molar-refractivity contribution in [2.75, 3.05) is 0 Å². The number of aryl methyl sites for hydroxylation is 1. The highest BCUT2D eigenvalue weighted by molar-refractivity contribution is 5.28. The predicted octanol–water partition coefficient (Wildman–Crippen LogP) is 2.98. The molecule has 0 fully saturated rings. The molecule has 0 unspecified atom stereocenters. The largest absolute Gasteiger partial charge is 0.242 e. The highest BCUT2D eigenvalue weighted by Crippen LogP contribution is 2.31. The molecule has 0 aromatic carbocycles. The van der Waals surface area contributed by atoms with Crippen molar-refractivity contribution in [3.8, 4) is 0 Å². The monoisotopic (exact) mass is 198 g/mol. The molecule has 1 aromatic heterocycles. The van der Waals surface area contributed by atoms with E-state index in [9.17, 15) is 4.39 Å². The van der Waals surface area contributed by atoms with E-state index in [2.05, 4.69) is 5.10 Å². The Labute approximate surface area is 85.1 Å². The lowest BCUT2D eigenvalue weighted by molar-refractivity contribution is 0.464. The summed E-state index contributed by atoms with van der Waals surface area (Å²) in [6.45, 7) is 10.1. The number of hydrogen-bond acceptors (Lipinski definition) is 1. The number of aromatic nitrogens is 2. The molecular weight excluding hydrogens is 179 g/mol. The highest BCUT2D eigenvalue weighted by atomic mass is 19.1. The Morgan fingerprint density at radius 3 is 2.07 bits per heavy atom. The second-order valence-electron chi connectivity index (χ2n) is 5.08. The molecule has 0 saturated carbocycles. The van der Waals surface area contributed by atoms with Crippen molar-refractivity contribution in [1.29, 1.82) is 0 Å². The average molecular weight is 198 g/mol. The number of hydrogen-bond donors (Lipinski definition) is 0. The van der Waals surface area contributed by atoms with E-state index >= 15 is 0 Å². The fraction of sp³-hybridized carbons (Fsp3) is 0.727. The minimum Gasteiger partial charge on any atom is -0.242 e. The second kappa shape index (κ2) is 3.37. The molecule has 0 aliphatic carbocycles. The summed E-state index contributed by atoms with van der Waals surface area (Å²) in [5.74, 6) is 0.0566. The van der Waals surface area contributed by atoms with Crippen LogP contribution in [0.25, 0.3) is 0 Å². The first-order valence-electron chi connectivity index (χ1n) is 4.98. The minimum atomic E-state index is -0.207. The molecule has 0 spiro atoms. The van der Waals surface area contributed by atoms with Gasteiger partial charge >= 0.3 is 0 Å². The van der Waals surface area contributed by atoms with Crippen LogP contribution in [0.1, 0.15) is 51.8 Å². The van der Waals surface area contributed by atoms with Crippen molar-refractivity contribution in [1.82, 2.24) is 9.78 Å². The molecule has 0 aliphatic rings. The molecule has 14 heavy (non-hydrogen) atoms. The van der Waals surface area contributed by atoms with Crippen molar-refractivity contribution in [2.45, 2.75) is 46.0 Å². The van der Waals surface area contributed by atoms with Gasteiger partial charge in [0.05, 0.1) is 5.69 Å². The summed E-state index contributed by atoms with van der Waals surface area (Å²) < 4.78 is 15.1. The van der Waals surface area contributed by atoms with Crippen molar-refractivity contribution < 1.29 is 4.39 Å². The summed E-state index contributed by atoms with van der Waals surface area (Å²) in [5.41, 5.74) is 1.44. The van der Waals surface area contributed by atoms with Gasteiger partial charge in [0.1, 0.15) is 0 Å². The van der Waals surface area contributed by atoms with Crippen LogP contribution >= 0.6 is 0 Å². The van der Waals surface area contributed by atoms with Gasteiger partial charge in [0, 0.05) is 12.6 Å². The highest BCUT2D eigenvalue weighted by Gasteiger charge is 2.28. The Kier molecular flexibility index (Phi) is 2.70. The fourth-order valence-corrected chi connectivity index (χ4v) is 1.62. The van der Waals surface area contributed by atoms with E-state index in [4.69, 9.17) is 0 Å². The maximum Gasteiger partial charge on any atom is 0.215 e. The lowest BCUT2D eigenvalue weighted by Crippen LogP contribution is -2.15. The quantitative estimate of drug-likeness (QED) is 0.678. The molecule has 0 aliphatic heterocycles. The van der Waals surface area contributed by atoms with Crippen LogP contribution in [0.15, 0.2) is 0 Å². The predicted molar refractivity (Wildman–Crippen MR) is 56.0 cm³/mol. The standard InChI is InChI=1S/C11H19FN2/c1-7(2)9-8(11(3,4)5)10(12)14(6)13-9/h7H,1-6H3. The summed E-state index contributed by atoms with van der Waals surface area (Å²) >= 11 is 0. The fourth-order valence-electron chi connectivity index (χ4n) is 1.62. The molecule has 0 atom stereocenters. The van der Waals surface area contributed by atoms with Crippen LogP contribution in [-0.2, 0) is 12.5 Å². The van der Waals surface area contributed by atoms with Crippen LogP contribution in [0.4, 0.5) is 4.39 Å². The zero-order valence-corrected chi connectivity index (χ0v) is 9.85. The molecule has 1 heterocycles. The van der Waals surface area contributed by atoms with Gasteiger partial charge in [0.25, 0.3) is 0 Å². The summed E-state index contributed by atoms with van der Waals surface area (Å²) in [7, 11) is 1.65. The van der Waals surface area contributed by atoms with E-state index in [0.717, 1.165) is 11.3 Å². The van der Waals surface area contributed by atoms with E-state index in [0.29, 0.717) is 0 Å². The lowest BCUT2D eigenvalue weighted by Gasteiger charge is -2.19. The van der Waals surface area contributed by atoms with Gasteiger partial charge in [-0.05, 0) is 11.3 Å². The first-order valence-corrected chi connectivity index (χ1v) is 4.98. The third kappa shape index (κ3) is 1.81. The third-order valence-corrected chi connectivity index (χ3v) is 2.30. The van der Waals surface area contributed by atoms with Crippen molar-refractivity contribution in [3.05, 3.63) is 17.2 Å². The van der Waals surface area contributed by atoms with Crippen LogP contribution in [0.3, 0.4) is 0 Å². The van der Waals surface area contributed by atoms with Crippen molar-refractivity contribution in [2.24, 2.45) is 7.05 Å². The molecule has 0 saturated heterocycles. The van der Waals surface area contributed by atoms with E-state index in [-0.39, 0.29) is 17.3 Å². The third-order valence-electron chi connectivity index (χ3n) is 2.30. The molecule has 1 aromatic rings. The molecule has 1 rings (SSSR count). The first kappa shape index (κ1) is 11.2. The van der Waals surface area contributed by atoms with Gasteiger partial charge in [-0.1, -0.05) is 34.6 Å². The Morgan fingerprint density at radius 1 is 1.29 bits per heavy atom. The van der Waals surface area contributed by atoms with E-state index in [1.165, 1.54) is 4.68 Å². The van der Waals surface area contributed by atoms with E-state index < -0.39 is 0 Å². The van der Waals surface area contributed by atoms with Crippen LogP contribution in [0, 0.1) is 5.95 Å². The smallest absolute Gasteiger partial charge is 0.215 e. The second-order valence-corrected chi connectivity index (χ2v) is 5.08. The normalized spacial score (nSPS) is 12.6. The number of rotatable bonds is 1. The zero-order chi connectivity index (χ0) is 11.1. The molecule has 0 amide bonds. The van der Waals surface area contributed by atoms with E-state index in [1.807, 2.05) is 34.6 Å². The SMILES string of the molecule is CC(C)c1nn(C)c(F)c1C(C)(C)C. The minimum absolute atomic E-state index is 0.183. The Bertz CT molecular complexity index is 332. The van der Waals surface area contributed by atoms with Crippen LogP contribution in [0.2, 0.25) is 0 Å². The average Bonchev–Trinajstić information content (AvgIpc) is 2.27.